The molecule has 0 aromatic heterocycles. The minimum atomic E-state index is -0.413. The molecule has 2 heteroatoms. The van der Waals surface area contributed by atoms with Crippen LogP contribution >= 0.6 is 0 Å². The largest absolute Gasteiger partial charge is 0.298 e. The maximum Gasteiger partial charge on any atom is 0.150 e. The summed E-state index contributed by atoms with van der Waals surface area (Å²) in [5.74, 6) is -0.332. The fourth-order valence-corrected chi connectivity index (χ4v) is 1.91. The maximum absolute atomic E-state index is 11.8. The predicted octanol–water partition coefficient (Wildman–Crippen LogP) is 3.44. The molecule has 0 radical (unpaired) electrons. The Labute approximate surface area is 103 Å². The zero-order valence-corrected chi connectivity index (χ0v) is 10.6. The molecule has 0 bridgehead atoms. The van der Waals surface area contributed by atoms with Crippen molar-refractivity contribution in [2.75, 3.05) is 0 Å². The zero-order valence-electron chi connectivity index (χ0n) is 10.6. The Morgan fingerprint density at radius 2 is 2.12 bits per heavy atom. The van der Waals surface area contributed by atoms with Crippen molar-refractivity contribution < 1.29 is 4.79 Å². The van der Waals surface area contributed by atoms with Crippen LogP contribution in [0.15, 0.2) is 24.3 Å². The highest BCUT2D eigenvalue weighted by molar-refractivity contribution is 5.83. The van der Waals surface area contributed by atoms with E-state index in [1.807, 2.05) is 38.1 Å². The van der Waals surface area contributed by atoms with Crippen molar-refractivity contribution in [3.63, 3.8) is 0 Å². The van der Waals surface area contributed by atoms with Crippen LogP contribution in [-0.4, -0.2) is 5.78 Å². The first kappa shape index (κ1) is 13.4. The number of ketones is 1. The summed E-state index contributed by atoms with van der Waals surface area (Å²) in [6.07, 6.45) is 2.79. The number of rotatable bonds is 6. The molecule has 1 unspecified atom stereocenters. The van der Waals surface area contributed by atoms with Gasteiger partial charge in [-0.3, -0.25) is 4.79 Å². The first-order chi connectivity index (χ1) is 8.19. The Bertz CT molecular complexity index is 417. The van der Waals surface area contributed by atoms with Crippen molar-refractivity contribution >= 4 is 5.78 Å². The lowest BCUT2D eigenvalue weighted by Gasteiger charge is -2.08. The molecule has 0 aliphatic heterocycles. The van der Waals surface area contributed by atoms with Gasteiger partial charge >= 0.3 is 0 Å². The number of carbonyl (C=O) groups excluding carboxylic acids is 1. The van der Waals surface area contributed by atoms with Crippen LogP contribution < -0.4 is 0 Å². The molecule has 1 rings (SSSR count). The van der Waals surface area contributed by atoms with Crippen molar-refractivity contribution in [3.8, 4) is 6.07 Å². The molecule has 0 fully saturated rings. The lowest BCUT2D eigenvalue weighted by molar-refractivity contribution is -0.121. The predicted molar refractivity (Wildman–Crippen MR) is 68.5 cm³/mol. The van der Waals surface area contributed by atoms with Crippen LogP contribution in [0.1, 0.15) is 37.3 Å². The average molecular weight is 229 g/mol. The van der Waals surface area contributed by atoms with E-state index in [0.717, 1.165) is 12.8 Å². The second kappa shape index (κ2) is 6.85. The van der Waals surface area contributed by atoms with E-state index in [-0.39, 0.29) is 5.78 Å². The van der Waals surface area contributed by atoms with Gasteiger partial charge in [0, 0.05) is 6.42 Å². The number of carbonyl (C=O) groups is 1. The lowest BCUT2D eigenvalue weighted by Crippen LogP contribution is -2.13. The van der Waals surface area contributed by atoms with E-state index in [9.17, 15) is 4.79 Å². The van der Waals surface area contributed by atoms with Crippen molar-refractivity contribution in [1.82, 2.24) is 0 Å². The SMILES string of the molecule is CCCC(C#N)C(=O)CCc1ccccc1C. The first-order valence-corrected chi connectivity index (χ1v) is 6.15. The molecule has 90 valence electrons. The summed E-state index contributed by atoms with van der Waals surface area (Å²) in [6, 6.07) is 10.2. The molecule has 0 saturated carbocycles. The van der Waals surface area contributed by atoms with Gasteiger partial charge in [0.05, 0.1) is 6.07 Å². The smallest absolute Gasteiger partial charge is 0.150 e. The topological polar surface area (TPSA) is 40.9 Å². The Kier molecular flexibility index (Phi) is 5.42. The van der Waals surface area contributed by atoms with Crippen LogP contribution in [0.5, 0.6) is 0 Å². The van der Waals surface area contributed by atoms with E-state index in [0.29, 0.717) is 12.8 Å². The normalized spacial score (nSPS) is 11.8. The number of Topliss-reactive ketones (excluding diaryl/α,β-unsaturated/α-hetero) is 1. The fourth-order valence-electron chi connectivity index (χ4n) is 1.91. The van der Waals surface area contributed by atoms with Gasteiger partial charge in [-0.2, -0.15) is 5.26 Å². The van der Waals surface area contributed by atoms with Crippen molar-refractivity contribution in [1.29, 1.82) is 5.26 Å². The van der Waals surface area contributed by atoms with Crippen molar-refractivity contribution in [2.24, 2.45) is 5.92 Å². The molecule has 0 aliphatic rings. The molecule has 17 heavy (non-hydrogen) atoms. The number of hydrogen-bond acceptors (Lipinski definition) is 2. The Morgan fingerprint density at radius 1 is 1.41 bits per heavy atom. The molecule has 2 nitrogen and oxygen atoms in total. The average Bonchev–Trinajstić information content (AvgIpc) is 2.34. The third-order valence-corrected chi connectivity index (χ3v) is 3.02. The fraction of sp³-hybridized carbons (Fsp3) is 0.467. The lowest BCUT2D eigenvalue weighted by atomic mass is 9.94. The number of aryl methyl sites for hydroxylation is 2. The second-order valence-corrected chi connectivity index (χ2v) is 4.36. The van der Waals surface area contributed by atoms with Crippen LogP contribution in [0.3, 0.4) is 0 Å². The summed E-state index contributed by atoms with van der Waals surface area (Å²) in [5, 5.41) is 8.91. The highest BCUT2D eigenvalue weighted by atomic mass is 16.1. The van der Waals surface area contributed by atoms with E-state index in [2.05, 4.69) is 6.07 Å². The van der Waals surface area contributed by atoms with Gasteiger partial charge in [-0.05, 0) is 30.9 Å². The van der Waals surface area contributed by atoms with Gasteiger partial charge in [0.1, 0.15) is 11.7 Å². The van der Waals surface area contributed by atoms with Crippen molar-refractivity contribution in [2.45, 2.75) is 39.5 Å². The summed E-state index contributed by atoms with van der Waals surface area (Å²) in [5.41, 5.74) is 2.42. The molecule has 1 aromatic carbocycles. The Hall–Kier alpha value is -1.62. The molecule has 0 amide bonds. The molecule has 0 aliphatic carbocycles. The highest BCUT2D eigenvalue weighted by Gasteiger charge is 2.16. The van der Waals surface area contributed by atoms with E-state index in [4.69, 9.17) is 5.26 Å². The first-order valence-electron chi connectivity index (χ1n) is 6.15. The van der Waals surface area contributed by atoms with Gasteiger partial charge in [0.15, 0.2) is 0 Å². The second-order valence-electron chi connectivity index (χ2n) is 4.36. The van der Waals surface area contributed by atoms with Gasteiger partial charge in [0.2, 0.25) is 0 Å². The van der Waals surface area contributed by atoms with Crippen LogP contribution in [0, 0.1) is 24.2 Å². The van der Waals surface area contributed by atoms with Crippen LogP contribution in [0.25, 0.3) is 0 Å². The van der Waals surface area contributed by atoms with Gasteiger partial charge in [-0.25, -0.2) is 0 Å². The number of nitriles is 1. The van der Waals surface area contributed by atoms with Gasteiger partial charge in [-0.15, -0.1) is 0 Å². The van der Waals surface area contributed by atoms with Crippen LogP contribution in [0.2, 0.25) is 0 Å². The summed E-state index contributed by atoms with van der Waals surface area (Å²) in [7, 11) is 0. The molecule has 0 N–H and O–H groups in total. The summed E-state index contributed by atoms with van der Waals surface area (Å²) in [4.78, 5) is 11.8. The van der Waals surface area contributed by atoms with Crippen molar-refractivity contribution in [3.05, 3.63) is 35.4 Å². The number of nitrogens with zero attached hydrogens (tertiary/aromatic N) is 1. The van der Waals surface area contributed by atoms with Crippen LogP contribution in [-0.2, 0) is 11.2 Å². The molecule has 0 heterocycles. The third-order valence-electron chi connectivity index (χ3n) is 3.02. The van der Waals surface area contributed by atoms with Gasteiger partial charge in [-0.1, -0.05) is 37.6 Å². The van der Waals surface area contributed by atoms with E-state index >= 15 is 0 Å². The third kappa shape index (κ3) is 4.03. The Balaban J connectivity index is 2.54. The minimum Gasteiger partial charge on any atom is -0.298 e. The number of hydrogen-bond donors (Lipinski definition) is 0. The standard InChI is InChI=1S/C15H19NO/c1-3-6-14(11-16)15(17)10-9-13-8-5-4-7-12(13)2/h4-5,7-8,14H,3,6,9-10H2,1-2H3. The highest BCUT2D eigenvalue weighted by Crippen LogP contribution is 2.14. The Morgan fingerprint density at radius 3 is 2.71 bits per heavy atom. The van der Waals surface area contributed by atoms with Gasteiger partial charge < -0.3 is 0 Å². The van der Waals surface area contributed by atoms with E-state index in [1.54, 1.807) is 0 Å². The minimum absolute atomic E-state index is 0.0811. The van der Waals surface area contributed by atoms with E-state index in [1.165, 1.54) is 11.1 Å². The summed E-state index contributed by atoms with van der Waals surface area (Å²) in [6.45, 7) is 4.05. The molecule has 0 spiro atoms. The summed E-state index contributed by atoms with van der Waals surface area (Å²) < 4.78 is 0. The summed E-state index contributed by atoms with van der Waals surface area (Å²) >= 11 is 0. The quantitative estimate of drug-likeness (QED) is 0.749. The van der Waals surface area contributed by atoms with E-state index < -0.39 is 5.92 Å². The van der Waals surface area contributed by atoms with Crippen LogP contribution in [0.4, 0.5) is 0 Å². The van der Waals surface area contributed by atoms with Gasteiger partial charge in [0.25, 0.3) is 0 Å². The molecule has 1 atom stereocenters. The molecule has 0 saturated heterocycles. The number of benzene rings is 1. The monoisotopic (exact) mass is 229 g/mol. The zero-order chi connectivity index (χ0) is 12.7. The molecular weight excluding hydrogens is 210 g/mol. The molecule has 1 aromatic rings. The molecular formula is C15H19NO. The maximum atomic E-state index is 11.8.